The quantitative estimate of drug-likeness (QED) is 0.306. The number of hydrogen-bond acceptors (Lipinski definition) is 5. The Morgan fingerprint density at radius 1 is 1.03 bits per heavy atom. The molecule has 0 saturated heterocycles. The molecule has 3 N–H and O–H groups in total. The number of alkyl halides is 3. The Labute approximate surface area is 206 Å². The first-order valence-corrected chi connectivity index (χ1v) is 10.6. The number of aromatic amines is 1. The van der Waals surface area contributed by atoms with Crippen LogP contribution in [0.3, 0.4) is 0 Å². The summed E-state index contributed by atoms with van der Waals surface area (Å²) in [5.41, 5.74) is 1.50. The third-order valence-corrected chi connectivity index (χ3v) is 4.88. The van der Waals surface area contributed by atoms with Crippen LogP contribution < -0.4 is 5.32 Å². The van der Waals surface area contributed by atoms with E-state index in [-0.39, 0.29) is 23.1 Å². The van der Waals surface area contributed by atoms with Gasteiger partial charge in [-0.2, -0.15) is 13.2 Å². The topological polar surface area (TPSA) is 121 Å². The Bertz CT molecular complexity index is 1300. The van der Waals surface area contributed by atoms with E-state index >= 15 is 0 Å². The van der Waals surface area contributed by atoms with Crippen molar-refractivity contribution in [1.82, 2.24) is 20.4 Å². The Balaban J connectivity index is 0.000000479. The van der Waals surface area contributed by atoms with Crippen LogP contribution in [0.5, 0.6) is 0 Å². The molecule has 0 radical (unpaired) electrons. The van der Waals surface area contributed by atoms with Crippen molar-refractivity contribution in [3.8, 4) is 11.3 Å². The Morgan fingerprint density at radius 2 is 1.68 bits per heavy atom. The van der Waals surface area contributed by atoms with E-state index in [4.69, 9.17) is 14.4 Å². The molecule has 194 valence electrons. The van der Waals surface area contributed by atoms with Gasteiger partial charge in [-0.15, -0.1) is 0 Å². The third kappa shape index (κ3) is 7.72. The van der Waals surface area contributed by atoms with Gasteiger partial charge in [0, 0.05) is 30.4 Å². The van der Waals surface area contributed by atoms with E-state index in [0.717, 1.165) is 23.4 Å². The fourth-order valence-corrected chi connectivity index (χ4v) is 3.23. The van der Waals surface area contributed by atoms with Crippen molar-refractivity contribution >= 4 is 11.9 Å². The van der Waals surface area contributed by atoms with E-state index in [1.54, 1.807) is 12.5 Å². The molecular weight excluding hydrogens is 503 g/mol. The van der Waals surface area contributed by atoms with E-state index in [9.17, 15) is 26.7 Å². The first-order valence-electron chi connectivity index (χ1n) is 10.6. The van der Waals surface area contributed by atoms with Crippen molar-refractivity contribution in [3.05, 3.63) is 95.8 Å². The van der Waals surface area contributed by atoms with Gasteiger partial charge in [0.25, 0.3) is 5.91 Å². The van der Waals surface area contributed by atoms with Crippen LogP contribution in [0.2, 0.25) is 0 Å². The highest BCUT2D eigenvalue weighted by molar-refractivity contribution is 5.92. The summed E-state index contributed by atoms with van der Waals surface area (Å²) in [7, 11) is 0. The number of hydrogen-bond donors (Lipinski definition) is 3. The van der Waals surface area contributed by atoms with Crippen LogP contribution in [0.25, 0.3) is 11.3 Å². The fourth-order valence-electron chi connectivity index (χ4n) is 3.23. The molecule has 13 heteroatoms. The zero-order chi connectivity index (χ0) is 27.0. The average Bonchev–Trinajstić information content (AvgIpc) is 3.52. The number of benzene rings is 2. The Hall–Kier alpha value is -4.55. The summed E-state index contributed by atoms with van der Waals surface area (Å²) in [5, 5.41) is 13.7. The lowest BCUT2D eigenvalue weighted by Crippen LogP contribution is -2.38. The molecule has 0 bridgehead atoms. The van der Waals surface area contributed by atoms with E-state index in [2.05, 4.69) is 20.4 Å². The monoisotopic (exact) mass is 522 g/mol. The molecule has 0 saturated carbocycles. The van der Waals surface area contributed by atoms with Crippen molar-refractivity contribution in [2.24, 2.45) is 0 Å². The van der Waals surface area contributed by atoms with Gasteiger partial charge < -0.3 is 19.9 Å². The molecule has 0 spiro atoms. The molecule has 0 aliphatic carbocycles. The lowest BCUT2D eigenvalue weighted by Gasteiger charge is -2.17. The molecule has 1 unspecified atom stereocenters. The highest BCUT2D eigenvalue weighted by Gasteiger charge is 2.38. The zero-order valence-electron chi connectivity index (χ0n) is 18.8. The molecule has 2 heterocycles. The van der Waals surface area contributed by atoms with E-state index in [1.807, 2.05) is 30.3 Å². The highest BCUT2D eigenvalue weighted by Crippen LogP contribution is 2.25. The number of halogens is 5. The zero-order valence-corrected chi connectivity index (χ0v) is 18.8. The molecule has 37 heavy (non-hydrogen) atoms. The molecular formula is C24H19F5N4O4. The number of nitrogens with zero attached hydrogens (tertiary/aromatic N) is 2. The van der Waals surface area contributed by atoms with Gasteiger partial charge >= 0.3 is 12.1 Å². The summed E-state index contributed by atoms with van der Waals surface area (Å²) >= 11 is 0. The minimum atomic E-state index is -5.08. The molecule has 0 aliphatic rings. The second-order valence-corrected chi connectivity index (χ2v) is 7.62. The van der Waals surface area contributed by atoms with Crippen molar-refractivity contribution in [2.45, 2.75) is 25.1 Å². The number of aromatic nitrogens is 3. The lowest BCUT2D eigenvalue weighted by atomic mass is 10.0. The van der Waals surface area contributed by atoms with Crippen LogP contribution in [0.1, 0.15) is 21.8 Å². The number of carbonyl (C=O) groups is 2. The SMILES string of the molecule is O=C(NC(Cc1ccccc1)Cc1cnc[nH]1)c1cc(-c2c(F)cccc2F)no1.O=C(O)C(F)(F)F. The number of carboxylic acids is 1. The molecule has 0 fully saturated rings. The number of imidazole rings is 1. The number of H-pyrrole nitrogens is 1. The van der Waals surface area contributed by atoms with E-state index in [1.165, 1.54) is 12.1 Å². The van der Waals surface area contributed by atoms with Crippen molar-refractivity contribution in [1.29, 1.82) is 0 Å². The molecule has 4 rings (SSSR count). The van der Waals surface area contributed by atoms with Crippen LogP contribution in [-0.4, -0.2) is 44.3 Å². The first-order chi connectivity index (χ1) is 17.5. The summed E-state index contributed by atoms with van der Waals surface area (Å²) in [6.45, 7) is 0. The molecule has 4 aromatic rings. The number of aliphatic carboxylic acids is 1. The van der Waals surface area contributed by atoms with E-state index in [0.29, 0.717) is 12.8 Å². The maximum atomic E-state index is 14.0. The second-order valence-electron chi connectivity index (χ2n) is 7.62. The first kappa shape index (κ1) is 27.0. The summed E-state index contributed by atoms with van der Waals surface area (Å²) in [5.74, 6) is -4.97. The van der Waals surface area contributed by atoms with Crippen LogP contribution in [0.4, 0.5) is 22.0 Å². The molecule has 8 nitrogen and oxygen atoms in total. The van der Waals surface area contributed by atoms with Crippen LogP contribution in [0, 0.1) is 11.6 Å². The van der Waals surface area contributed by atoms with Crippen LogP contribution >= 0.6 is 0 Å². The van der Waals surface area contributed by atoms with Gasteiger partial charge in [-0.3, -0.25) is 4.79 Å². The smallest absolute Gasteiger partial charge is 0.475 e. The molecule has 1 atom stereocenters. The van der Waals surface area contributed by atoms with Gasteiger partial charge in [-0.25, -0.2) is 18.6 Å². The van der Waals surface area contributed by atoms with Gasteiger partial charge in [0.2, 0.25) is 5.76 Å². The van der Waals surface area contributed by atoms with Crippen LogP contribution in [-0.2, 0) is 17.6 Å². The Kier molecular flexibility index (Phi) is 8.72. The minimum absolute atomic E-state index is 0.0797. The maximum Gasteiger partial charge on any atom is 0.490 e. The van der Waals surface area contributed by atoms with Gasteiger partial charge in [-0.1, -0.05) is 41.6 Å². The van der Waals surface area contributed by atoms with Crippen molar-refractivity contribution in [2.75, 3.05) is 0 Å². The second kappa shape index (κ2) is 11.9. The molecule has 2 aromatic heterocycles. The van der Waals surface area contributed by atoms with E-state index < -0.39 is 29.7 Å². The van der Waals surface area contributed by atoms with Crippen molar-refractivity contribution in [3.63, 3.8) is 0 Å². The predicted octanol–water partition coefficient (Wildman–Crippen LogP) is 4.56. The lowest BCUT2D eigenvalue weighted by molar-refractivity contribution is -0.192. The summed E-state index contributed by atoms with van der Waals surface area (Å²) in [6.07, 6.45) is -0.724. The minimum Gasteiger partial charge on any atom is -0.475 e. The van der Waals surface area contributed by atoms with Gasteiger partial charge in [0.1, 0.15) is 17.3 Å². The van der Waals surface area contributed by atoms with Gasteiger partial charge in [0.15, 0.2) is 0 Å². The number of amides is 1. The summed E-state index contributed by atoms with van der Waals surface area (Å²) < 4.78 is 64.8. The maximum absolute atomic E-state index is 14.0. The fraction of sp³-hybridized carbons (Fsp3) is 0.167. The molecule has 2 aromatic carbocycles. The van der Waals surface area contributed by atoms with Gasteiger partial charge in [-0.05, 0) is 24.1 Å². The predicted molar refractivity (Wildman–Crippen MR) is 119 cm³/mol. The highest BCUT2D eigenvalue weighted by atomic mass is 19.4. The summed E-state index contributed by atoms with van der Waals surface area (Å²) in [6, 6.07) is 14.2. The standard InChI is InChI=1S/C22H18F2N4O2.C2HF3O2/c23-17-7-4-8-18(24)21(17)19-11-20(30-28-19)22(29)27-15(10-16-12-25-13-26-16)9-14-5-2-1-3-6-14;3-2(4,5)1(6)7/h1-8,11-13,15H,9-10H2,(H,25,26)(H,27,29);(H,6,7). The third-order valence-electron chi connectivity index (χ3n) is 4.88. The average molecular weight is 522 g/mol. The number of carbonyl (C=O) groups excluding carboxylic acids is 1. The summed E-state index contributed by atoms with van der Waals surface area (Å²) in [4.78, 5) is 28.7. The number of rotatable bonds is 7. The molecule has 1 amide bonds. The number of carboxylic acid groups (broad SMARTS) is 1. The van der Waals surface area contributed by atoms with Crippen molar-refractivity contribution < 1.29 is 41.2 Å². The van der Waals surface area contributed by atoms with Gasteiger partial charge in [0.05, 0.1) is 11.9 Å². The molecule has 0 aliphatic heterocycles. The Morgan fingerprint density at radius 3 is 2.24 bits per heavy atom. The normalized spacial score (nSPS) is 11.8. The van der Waals surface area contributed by atoms with Crippen LogP contribution in [0.15, 0.2) is 71.6 Å². The largest absolute Gasteiger partial charge is 0.490 e. The number of nitrogens with one attached hydrogen (secondary N) is 2.